The summed E-state index contributed by atoms with van der Waals surface area (Å²) in [5.41, 5.74) is 6.75. The van der Waals surface area contributed by atoms with Crippen molar-refractivity contribution in [1.82, 2.24) is 4.98 Å². The van der Waals surface area contributed by atoms with E-state index < -0.39 is 5.54 Å². The third-order valence-electron chi connectivity index (χ3n) is 3.56. The van der Waals surface area contributed by atoms with E-state index in [1.165, 1.54) is 0 Å². The summed E-state index contributed by atoms with van der Waals surface area (Å²) < 4.78 is 11.3. The molecule has 0 fully saturated rings. The largest absolute Gasteiger partial charge is 0.462 e. The standard InChI is InChI=1S/C14H10ClN3O2/c15-12-5-9-11(6-17-12)20-10-4-2-1-3-8(10)14(9)7-19-13(16)18-14/h1-6H,7H2,(H2,16,18). The van der Waals surface area contributed by atoms with Crippen LogP contribution < -0.4 is 10.5 Å². The quantitative estimate of drug-likeness (QED) is 0.756. The van der Waals surface area contributed by atoms with Crippen LogP contribution >= 0.6 is 11.6 Å². The second-order valence-electron chi connectivity index (χ2n) is 4.70. The zero-order chi connectivity index (χ0) is 13.7. The van der Waals surface area contributed by atoms with Crippen LogP contribution in [0.15, 0.2) is 41.5 Å². The van der Waals surface area contributed by atoms with Gasteiger partial charge in [-0.25, -0.2) is 9.98 Å². The van der Waals surface area contributed by atoms with Crippen LogP contribution in [0.2, 0.25) is 5.15 Å². The van der Waals surface area contributed by atoms with Gasteiger partial charge >= 0.3 is 0 Å². The summed E-state index contributed by atoms with van der Waals surface area (Å²) in [5, 5.41) is 0.381. The van der Waals surface area contributed by atoms with Crippen LogP contribution in [0.25, 0.3) is 0 Å². The molecule has 1 aromatic heterocycles. The SMILES string of the molecule is NC1=NC2(CO1)c1ccccc1Oc1cnc(Cl)cc12. The van der Waals surface area contributed by atoms with Crippen molar-refractivity contribution in [2.45, 2.75) is 5.54 Å². The summed E-state index contributed by atoms with van der Waals surface area (Å²) in [6, 6.07) is 9.60. The number of benzene rings is 1. The topological polar surface area (TPSA) is 69.7 Å². The minimum Gasteiger partial charge on any atom is -0.462 e. The smallest absolute Gasteiger partial charge is 0.283 e. The first-order valence-corrected chi connectivity index (χ1v) is 6.48. The Morgan fingerprint density at radius 2 is 2.05 bits per heavy atom. The molecule has 3 heterocycles. The van der Waals surface area contributed by atoms with Crippen LogP contribution in [0.4, 0.5) is 0 Å². The third kappa shape index (κ3) is 1.44. The van der Waals surface area contributed by atoms with Crippen molar-refractivity contribution in [2.24, 2.45) is 10.7 Å². The van der Waals surface area contributed by atoms with Crippen molar-refractivity contribution in [3.8, 4) is 11.5 Å². The van der Waals surface area contributed by atoms with E-state index in [0.717, 1.165) is 16.9 Å². The Bertz CT molecular complexity index is 747. The Labute approximate surface area is 120 Å². The van der Waals surface area contributed by atoms with Crippen LogP contribution in [0.5, 0.6) is 11.5 Å². The van der Waals surface area contributed by atoms with Crippen molar-refractivity contribution in [1.29, 1.82) is 0 Å². The van der Waals surface area contributed by atoms with Crippen LogP contribution in [0.1, 0.15) is 11.1 Å². The highest BCUT2D eigenvalue weighted by atomic mass is 35.5. The average molecular weight is 288 g/mol. The number of pyridine rings is 1. The van der Waals surface area contributed by atoms with Gasteiger partial charge in [-0.1, -0.05) is 29.8 Å². The van der Waals surface area contributed by atoms with Gasteiger partial charge in [-0.05, 0) is 12.1 Å². The first kappa shape index (κ1) is 11.5. The number of ether oxygens (including phenoxy) is 2. The second kappa shape index (κ2) is 3.86. The molecule has 0 saturated heterocycles. The van der Waals surface area contributed by atoms with E-state index in [-0.39, 0.29) is 6.02 Å². The molecule has 0 bridgehead atoms. The molecular formula is C14H10ClN3O2. The molecular weight excluding hydrogens is 278 g/mol. The second-order valence-corrected chi connectivity index (χ2v) is 5.09. The summed E-state index contributed by atoms with van der Waals surface area (Å²) >= 11 is 6.01. The van der Waals surface area contributed by atoms with E-state index in [2.05, 4.69) is 9.98 Å². The highest BCUT2D eigenvalue weighted by Crippen LogP contribution is 2.50. The Morgan fingerprint density at radius 1 is 1.20 bits per heavy atom. The number of hydrogen-bond acceptors (Lipinski definition) is 5. The summed E-state index contributed by atoms with van der Waals surface area (Å²) in [4.78, 5) is 8.57. The fourth-order valence-electron chi connectivity index (χ4n) is 2.69. The maximum absolute atomic E-state index is 6.01. The zero-order valence-corrected chi connectivity index (χ0v) is 11.1. The van der Waals surface area contributed by atoms with Crippen LogP contribution in [0.3, 0.4) is 0 Å². The van der Waals surface area contributed by atoms with Crippen molar-refractivity contribution < 1.29 is 9.47 Å². The maximum atomic E-state index is 6.01. The fraction of sp³-hybridized carbons (Fsp3) is 0.143. The van der Waals surface area contributed by atoms with Crippen molar-refractivity contribution in [3.63, 3.8) is 0 Å². The molecule has 2 N–H and O–H groups in total. The minimum absolute atomic E-state index is 0.167. The molecule has 0 amide bonds. The molecule has 0 radical (unpaired) electrons. The predicted octanol–water partition coefficient (Wildman–Crippen LogP) is 2.43. The number of aliphatic imine (C=N–C) groups is 1. The molecule has 5 nitrogen and oxygen atoms in total. The fourth-order valence-corrected chi connectivity index (χ4v) is 2.85. The number of nitrogens with two attached hydrogens (primary N) is 1. The van der Waals surface area contributed by atoms with E-state index in [1.54, 1.807) is 12.3 Å². The van der Waals surface area contributed by atoms with Crippen LogP contribution in [-0.2, 0) is 10.3 Å². The molecule has 1 unspecified atom stereocenters. The van der Waals surface area contributed by atoms with Gasteiger partial charge in [0, 0.05) is 11.1 Å². The van der Waals surface area contributed by atoms with Gasteiger partial charge in [-0.15, -0.1) is 0 Å². The van der Waals surface area contributed by atoms with Gasteiger partial charge in [0.25, 0.3) is 6.02 Å². The zero-order valence-electron chi connectivity index (χ0n) is 10.3. The summed E-state index contributed by atoms with van der Waals surface area (Å²) in [7, 11) is 0. The van der Waals surface area contributed by atoms with Crippen LogP contribution in [0, 0.1) is 0 Å². The lowest BCUT2D eigenvalue weighted by molar-refractivity contribution is 0.264. The summed E-state index contributed by atoms with van der Waals surface area (Å²) in [5.74, 6) is 1.35. The highest BCUT2D eigenvalue weighted by molar-refractivity contribution is 6.29. The summed E-state index contributed by atoms with van der Waals surface area (Å²) in [6.07, 6.45) is 1.60. The molecule has 2 aromatic rings. The first-order valence-electron chi connectivity index (χ1n) is 6.10. The van der Waals surface area contributed by atoms with Crippen molar-refractivity contribution >= 4 is 17.6 Å². The molecule has 2 aliphatic heterocycles. The van der Waals surface area contributed by atoms with Crippen molar-refractivity contribution in [2.75, 3.05) is 6.61 Å². The Balaban J connectivity index is 2.05. The molecule has 0 saturated carbocycles. The predicted molar refractivity (Wildman–Crippen MR) is 74.1 cm³/mol. The maximum Gasteiger partial charge on any atom is 0.283 e. The van der Waals surface area contributed by atoms with E-state index >= 15 is 0 Å². The monoisotopic (exact) mass is 287 g/mol. The molecule has 1 spiro atoms. The Kier molecular flexibility index (Phi) is 2.23. The number of rotatable bonds is 0. The normalized spacial score (nSPS) is 22.6. The lowest BCUT2D eigenvalue weighted by Gasteiger charge is -2.32. The van der Waals surface area contributed by atoms with Gasteiger partial charge in [0.2, 0.25) is 0 Å². The van der Waals surface area contributed by atoms with Gasteiger partial charge in [0.15, 0.2) is 11.3 Å². The number of halogens is 1. The number of hydrogen-bond donors (Lipinski definition) is 1. The molecule has 20 heavy (non-hydrogen) atoms. The van der Waals surface area contributed by atoms with Gasteiger partial charge in [0.05, 0.1) is 6.20 Å². The van der Waals surface area contributed by atoms with E-state index in [9.17, 15) is 0 Å². The van der Waals surface area contributed by atoms with E-state index in [4.69, 9.17) is 26.8 Å². The number of aromatic nitrogens is 1. The third-order valence-corrected chi connectivity index (χ3v) is 3.77. The minimum atomic E-state index is -0.708. The van der Waals surface area contributed by atoms with E-state index in [1.807, 2.05) is 24.3 Å². The van der Waals surface area contributed by atoms with Gasteiger partial charge in [-0.2, -0.15) is 0 Å². The number of para-hydroxylation sites is 1. The summed E-state index contributed by atoms with van der Waals surface area (Å²) in [6.45, 7) is 0.326. The lowest BCUT2D eigenvalue weighted by Crippen LogP contribution is -2.31. The molecule has 100 valence electrons. The van der Waals surface area contributed by atoms with Crippen LogP contribution in [-0.4, -0.2) is 17.6 Å². The van der Waals surface area contributed by atoms with Gasteiger partial charge in [0.1, 0.15) is 17.5 Å². The molecule has 1 atom stereocenters. The number of amidine groups is 1. The Hall–Kier alpha value is -2.27. The molecule has 2 aliphatic rings. The molecule has 4 rings (SSSR count). The average Bonchev–Trinajstić information content (AvgIpc) is 2.84. The highest BCUT2D eigenvalue weighted by Gasteiger charge is 2.46. The van der Waals surface area contributed by atoms with Crippen molar-refractivity contribution in [3.05, 3.63) is 52.8 Å². The Morgan fingerprint density at radius 3 is 2.85 bits per heavy atom. The lowest BCUT2D eigenvalue weighted by atomic mass is 9.82. The molecule has 0 aliphatic carbocycles. The van der Waals surface area contributed by atoms with Gasteiger partial charge in [-0.3, -0.25) is 0 Å². The van der Waals surface area contributed by atoms with E-state index in [0.29, 0.717) is 17.5 Å². The number of nitrogens with zero attached hydrogens (tertiary/aromatic N) is 2. The molecule has 6 heteroatoms. The first-order chi connectivity index (χ1) is 9.69. The molecule has 1 aromatic carbocycles. The number of fused-ring (bicyclic) bond motifs is 4. The van der Waals surface area contributed by atoms with Gasteiger partial charge < -0.3 is 15.2 Å².